The molecule has 4 heterocycles. The van der Waals surface area contributed by atoms with Crippen molar-refractivity contribution in [2.75, 3.05) is 18.1 Å². The molecule has 3 aromatic rings. The predicted molar refractivity (Wildman–Crippen MR) is 152 cm³/mol. The Balaban J connectivity index is 1.51. The molecule has 4 rings (SSSR count). The van der Waals surface area contributed by atoms with Gasteiger partial charge in [-0.3, -0.25) is 4.79 Å². The van der Waals surface area contributed by atoms with Gasteiger partial charge in [0.15, 0.2) is 21.9 Å². The standard InChI is InChI=1S/C23H23N7O6S4/c1-3-36-28-17(18-27-22(24)40-29-18)19(31)26-16(21(34)35)14-8-12(20(32)33)15(10-37-14)39-23-25-13(9-38-23)11-4-6-30(2)7-5-11/h4-7,9,14,16H,3,8,10H2,1-2H3,(H4-,24,26,27,29,31,32,33,34,35)/p+1/b28-17+/t14-,16-/m0/s1. The lowest BCUT2D eigenvalue weighted by Gasteiger charge is -2.29. The minimum Gasteiger partial charge on any atom is -0.480 e. The van der Waals surface area contributed by atoms with Gasteiger partial charge in [0.2, 0.25) is 11.5 Å². The molecule has 210 valence electrons. The number of aliphatic carboxylic acids is 2. The van der Waals surface area contributed by atoms with Crippen molar-refractivity contribution in [1.29, 1.82) is 0 Å². The monoisotopic (exact) mass is 622 g/mol. The third kappa shape index (κ3) is 7.15. The highest BCUT2D eigenvalue weighted by Crippen LogP contribution is 2.42. The number of amides is 1. The topological polar surface area (TPSA) is 194 Å². The fourth-order valence-corrected chi connectivity index (χ4v) is 7.45. The van der Waals surface area contributed by atoms with E-state index in [9.17, 15) is 24.6 Å². The molecular formula is C23H24N7O6S4+. The average molecular weight is 623 g/mol. The first kappa shape index (κ1) is 29.4. The number of anilines is 1. The SMILES string of the molecule is CCO/N=C(/C(=O)N[C@H](C(=O)O)[C@@H]1CC(C(=O)O)=C(Sc2nc(-c3cc[n+](C)cc3)cs2)CS1)c1nsc(N)n1. The van der Waals surface area contributed by atoms with Gasteiger partial charge in [-0.15, -0.1) is 11.3 Å². The Labute approximate surface area is 244 Å². The molecule has 1 aliphatic heterocycles. The number of hydrogen-bond acceptors (Lipinski definition) is 13. The number of rotatable bonds is 11. The number of nitrogen functional groups attached to an aromatic ring is 1. The van der Waals surface area contributed by atoms with Gasteiger partial charge in [-0.25, -0.2) is 19.1 Å². The van der Waals surface area contributed by atoms with E-state index < -0.39 is 29.1 Å². The highest BCUT2D eigenvalue weighted by Gasteiger charge is 2.37. The summed E-state index contributed by atoms with van der Waals surface area (Å²) < 4.78 is 6.54. The van der Waals surface area contributed by atoms with E-state index in [1.165, 1.54) is 34.9 Å². The second-order valence-electron chi connectivity index (χ2n) is 8.22. The summed E-state index contributed by atoms with van der Waals surface area (Å²) in [6, 6.07) is 2.46. The molecule has 2 atom stereocenters. The van der Waals surface area contributed by atoms with Crippen molar-refractivity contribution in [3.8, 4) is 11.3 Å². The summed E-state index contributed by atoms with van der Waals surface area (Å²) in [5.41, 5.74) is 7.08. The number of nitrogens with zero attached hydrogens (tertiary/aromatic N) is 5. The number of carboxylic acids is 2. The molecule has 13 nitrogen and oxygen atoms in total. The van der Waals surface area contributed by atoms with Crippen LogP contribution in [0, 0.1) is 0 Å². The first-order chi connectivity index (χ1) is 19.2. The van der Waals surface area contributed by atoms with Gasteiger partial charge in [-0.05, 0) is 13.3 Å². The fourth-order valence-electron chi connectivity index (χ4n) is 3.54. The Morgan fingerprint density at radius 2 is 2.05 bits per heavy atom. The largest absolute Gasteiger partial charge is 0.480 e. The molecule has 0 unspecified atom stereocenters. The maximum absolute atomic E-state index is 13.0. The van der Waals surface area contributed by atoms with Gasteiger partial charge in [0, 0.05) is 56.1 Å². The van der Waals surface area contributed by atoms with E-state index in [1.807, 2.05) is 41.5 Å². The molecule has 0 saturated carbocycles. The second-order valence-corrected chi connectivity index (χ2v) is 12.4. The van der Waals surface area contributed by atoms with E-state index in [1.54, 1.807) is 6.92 Å². The average Bonchev–Trinajstić information content (AvgIpc) is 3.57. The second kappa shape index (κ2) is 13.2. The van der Waals surface area contributed by atoms with E-state index >= 15 is 0 Å². The van der Waals surface area contributed by atoms with Crippen molar-refractivity contribution in [1.82, 2.24) is 19.7 Å². The van der Waals surface area contributed by atoms with Gasteiger partial charge < -0.3 is 26.1 Å². The lowest BCUT2D eigenvalue weighted by Crippen LogP contribution is -2.51. The van der Waals surface area contributed by atoms with Gasteiger partial charge in [-0.1, -0.05) is 16.9 Å². The fraction of sp³-hybridized carbons (Fsp3) is 0.304. The molecule has 0 spiro atoms. The van der Waals surface area contributed by atoms with E-state index in [0.717, 1.165) is 22.8 Å². The Bertz CT molecular complexity index is 1470. The van der Waals surface area contributed by atoms with Crippen molar-refractivity contribution in [2.24, 2.45) is 12.2 Å². The van der Waals surface area contributed by atoms with Crippen molar-refractivity contribution < 1.29 is 34.0 Å². The van der Waals surface area contributed by atoms with Gasteiger partial charge in [-0.2, -0.15) is 21.1 Å². The minimum absolute atomic E-state index is 0.0786. The summed E-state index contributed by atoms with van der Waals surface area (Å²) in [4.78, 5) is 51.5. The quantitative estimate of drug-likeness (QED) is 0.138. The highest BCUT2D eigenvalue weighted by molar-refractivity contribution is 8.07. The molecule has 0 fully saturated rings. The molecule has 0 aromatic carbocycles. The van der Waals surface area contributed by atoms with Crippen molar-refractivity contribution in [2.45, 2.75) is 29.0 Å². The highest BCUT2D eigenvalue weighted by atomic mass is 32.2. The van der Waals surface area contributed by atoms with Crippen LogP contribution in [0.4, 0.5) is 5.13 Å². The first-order valence-corrected chi connectivity index (χ1v) is 15.2. The van der Waals surface area contributed by atoms with Crippen LogP contribution in [-0.2, 0) is 26.3 Å². The number of carbonyl (C=O) groups is 3. The summed E-state index contributed by atoms with van der Waals surface area (Å²) in [5, 5.41) is 27.3. The zero-order chi connectivity index (χ0) is 28.8. The number of oxime groups is 1. The summed E-state index contributed by atoms with van der Waals surface area (Å²) in [6.07, 6.45) is 3.74. The number of aryl methyl sites for hydroxylation is 1. The van der Waals surface area contributed by atoms with Crippen molar-refractivity contribution in [3.05, 3.63) is 46.2 Å². The van der Waals surface area contributed by atoms with Gasteiger partial charge in [0.25, 0.3) is 5.91 Å². The number of pyridine rings is 1. The summed E-state index contributed by atoms with van der Waals surface area (Å²) in [5.74, 6) is -3.24. The number of nitrogens with two attached hydrogens (primary N) is 1. The molecule has 5 N–H and O–H groups in total. The number of thiazole rings is 1. The zero-order valence-corrected chi connectivity index (χ0v) is 24.4. The van der Waals surface area contributed by atoms with Crippen LogP contribution >= 0.6 is 46.4 Å². The van der Waals surface area contributed by atoms with Crippen LogP contribution in [0.15, 0.2) is 49.9 Å². The van der Waals surface area contributed by atoms with Crippen LogP contribution in [0.2, 0.25) is 0 Å². The van der Waals surface area contributed by atoms with Crippen LogP contribution in [0.5, 0.6) is 0 Å². The van der Waals surface area contributed by atoms with E-state index in [0.29, 0.717) is 9.24 Å². The van der Waals surface area contributed by atoms with Crippen LogP contribution in [0.1, 0.15) is 19.2 Å². The van der Waals surface area contributed by atoms with Crippen LogP contribution in [0.3, 0.4) is 0 Å². The summed E-state index contributed by atoms with van der Waals surface area (Å²) >= 11 is 4.73. The zero-order valence-electron chi connectivity index (χ0n) is 21.1. The third-order valence-corrected chi connectivity index (χ3v) is 9.60. The molecular weight excluding hydrogens is 599 g/mol. The normalized spacial score (nSPS) is 16.4. The van der Waals surface area contributed by atoms with E-state index in [2.05, 4.69) is 24.8 Å². The molecule has 0 radical (unpaired) electrons. The molecule has 0 saturated heterocycles. The third-order valence-electron chi connectivity index (χ3n) is 5.47. The van der Waals surface area contributed by atoms with Crippen molar-refractivity contribution in [3.63, 3.8) is 0 Å². The smallest absolute Gasteiger partial charge is 0.332 e. The van der Waals surface area contributed by atoms with Crippen LogP contribution in [-0.4, -0.2) is 71.8 Å². The number of thioether (sulfide) groups is 2. The maximum atomic E-state index is 13.0. The van der Waals surface area contributed by atoms with Gasteiger partial charge in [0.05, 0.1) is 5.69 Å². The number of hydrogen-bond donors (Lipinski definition) is 4. The van der Waals surface area contributed by atoms with Crippen LogP contribution in [0.25, 0.3) is 11.3 Å². The molecule has 17 heteroatoms. The number of carbonyl (C=O) groups excluding carboxylic acids is 1. The molecule has 1 aliphatic rings. The summed E-state index contributed by atoms with van der Waals surface area (Å²) in [6.45, 7) is 1.80. The first-order valence-electron chi connectivity index (χ1n) is 11.6. The Morgan fingerprint density at radius 3 is 2.67 bits per heavy atom. The van der Waals surface area contributed by atoms with E-state index in [-0.39, 0.29) is 41.0 Å². The minimum atomic E-state index is -1.42. The Morgan fingerprint density at radius 1 is 1.30 bits per heavy atom. The molecule has 0 aliphatic carbocycles. The number of aromatic nitrogens is 4. The van der Waals surface area contributed by atoms with Crippen molar-refractivity contribution >= 4 is 75.1 Å². The Kier molecular flexibility index (Phi) is 9.72. The maximum Gasteiger partial charge on any atom is 0.332 e. The molecule has 1 amide bonds. The number of carboxylic acid groups (broad SMARTS) is 2. The number of nitrogens with one attached hydrogen (secondary N) is 1. The summed E-state index contributed by atoms with van der Waals surface area (Å²) in [7, 11) is 1.92. The van der Waals surface area contributed by atoms with Gasteiger partial charge >= 0.3 is 11.9 Å². The molecule has 0 bridgehead atoms. The lowest BCUT2D eigenvalue weighted by molar-refractivity contribution is -0.671. The van der Waals surface area contributed by atoms with Crippen LogP contribution < -0.4 is 15.6 Å². The van der Waals surface area contributed by atoms with E-state index in [4.69, 9.17) is 10.6 Å². The Hall–Kier alpha value is -3.54. The molecule has 3 aromatic heterocycles. The predicted octanol–water partition coefficient (Wildman–Crippen LogP) is 2.01. The lowest BCUT2D eigenvalue weighted by atomic mass is 10.0. The van der Waals surface area contributed by atoms with Gasteiger partial charge in [0.1, 0.15) is 19.7 Å². The molecule has 40 heavy (non-hydrogen) atoms.